The fourth-order valence-corrected chi connectivity index (χ4v) is 2.93. The number of ether oxygens (including phenoxy) is 2. The van der Waals surface area contributed by atoms with Crippen molar-refractivity contribution in [2.24, 2.45) is 0 Å². The van der Waals surface area contributed by atoms with E-state index in [1.165, 1.54) is 38.5 Å². The van der Waals surface area contributed by atoms with Crippen molar-refractivity contribution >= 4 is 11.9 Å². The van der Waals surface area contributed by atoms with Crippen LogP contribution in [0.3, 0.4) is 0 Å². The van der Waals surface area contributed by atoms with Gasteiger partial charge < -0.3 is 9.47 Å². The van der Waals surface area contributed by atoms with Gasteiger partial charge in [0.2, 0.25) is 0 Å². The van der Waals surface area contributed by atoms with Crippen LogP contribution < -0.4 is 0 Å². The van der Waals surface area contributed by atoms with Crippen LogP contribution in [0, 0.1) is 0 Å². The third-order valence-electron chi connectivity index (χ3n) is 4.37. The number of rotatable bonds is 11. The number of hydrogen-bond donors (Lipinski definition) is 0. The zero-order chi connectivity index (χ0) is 16.8. The van der Waals surface area contributed by atoms with E-state index in [0.717, 1.165) is 25.7 Å². The average molecular weight is 326 g/mol. The highest BCUT2D eigenvalue weighted by Crippen LogP contribution is 2.20. The first-order chi connectivity index (χ1) is 11.2. The van der Waals surface area contributed by atoms with Gasteiger partial charge in [-0.05, 0) is 44.9 Å². The summed E-state index contributed by atoms with van der Waals surface area (Å²) in [7, 11) is 0. The Morgan fingerprint density at radius 2 is 1.48 bits per heavy atom. The minimum atomic E-state index is -0.140. The molecular weight excluding hydrogens is 292 g/mol. The molecule has 4 heteroatoms. The van der Waals surface area contributed by atoms with E-state index in [-0.39, 0.29) is 18.0 Å². The zero-order valence-electron chi connectivity index (χ0n) is 14.8. The van der Waals surface area contributed by atoms with Crippen LogP contribution in [-0.4, -0.2) is 24.6 Å². The average Bonchev–Trinajstić information content (AvgIpc) is 2.80. The minimum absolute atomic E-state index is 0.107. The van der Waals surface area contributed by atoms with Gasteiger partial charge in [-0.2, -0.15) is 0 Å². The molecular formula is C19H34O4. The van der Waals surface area contributed by atoms with Crippen LogP contribution in [0.2, 0.25) is 0 Å². The van der Waals surface area contributed by atoms with Crippen molar-refractivity contribution in [1.82, 2.24) is 0 Å². The fourth-order valence-electron chi connectivity index (χ4n) is 2.93. The lowest BCUT2D eigenvalue weighted by Gasteiger charge is -2.15. The third kappa shape index (κ3) is 11.2. The summed E-state index contributed by atoms with van der Waals surface area (Å²) in [5.74, 6) is -0.247. The number of hydrogen-bond acceptors (Lipinski definition) is 4. The second kappa shape index (κ2) is 13.4. The summed E-state index contributed by atoms with van der Waals surface area (Å²) in [6.45, 7) is 2.69. The number of carbonyl (C=O) groups excluding carboxylic acids is 2. The molecule has 1 rings (SSSR count). The van der Waals surface area contributed by atoms with Crippen molar-refractivity contribution < 1.29 is 19.1 Å². The molecule has 0 radical (unpaired) electrons. The molecule has 0 aromatic rings. The SMILES string of the molecule is CCCCCCOC(=O)CCCCC(=O)OC1CCCCCC1. The van der Waals surface area contributed by atoms with Gasteiger partial charge in [0.15, 0.2) is 0 Å². The molecule has 0 spiro atoms. The lowest BCUT2D eigenvalue weighted by atomic mass is 10.1. The molecule has 0 amide bonds. The van der Waals surface area contributed by atoms with Gasteiger partial charge in [0, 0.05) is 12.8 Å². The molecule has 0 aromatic heterocycles. The zero-order valence-corrected chi connectivity index (χ0v) is 14.8. The van der Waals surface area contributed by atoms with E-state index in [1.54, 1.807) is 0 Å². The molecule has 0 N–H and O–H groups in total. The molecule has 0 unspecified atom stereocenters. The Labute approximate surface area is 141 Å². The van der Waals surface area contributed by atoms with Gasteiger partial charge in [0.25, 0.3) is 0 Å². The van der Waals surface area contributed by atoms with Gasteiger partial charge in [-0.15, -0.1) is 0 Å². The van der Waals surface area contributed by atoms with Crippen molar-refractivity contribution in [3.05, 3.63) is 0 Å². The summed E-state index contributed by atoms with van der Waals surface area (Å²) in [5, 5.41) is 0. The molecule has 0 heterocycles. The third-order valence-corrected chi connectivity index (χ3v) is 4.37. The standard InChI is InChI=1S/C19H34O4/c1-2-3-4-11-16-22-18(20)14-9-10-15-19(21)23-17-12-7-5-6-8-13-17/h17H,2-16H2,1H3. The Morgan fingerprint density at radius 1 is 0.826 bits per heavy atom. The molecule has 134 valence electrons. The van der Waals surface area contributed by atoms with E-state index in [0.29, 0.717) is 32.3 Å². The largest absolute Gasteiger partial charge is 0.466 e. The highest BCUT2D eigenvalue weighted by Gasteiger charge is 2.16. The Morgan fingerprint density at radius 3 is 2.13 bits per heavy atom. The molecule has 1 fully saturated rings. The van der Waals surface area contributed by atoms with Crippen molar-refractivity contribution in [2.75, 3.05) is 6.61 Å². The molecule has 4 nitrogen and oxygen atoms in total. The first kappa shape index (κ1) is 20.0. The predicted molar refractivity (Wildman–Crippen MR) is 91.2 cm³/mol. The number of unbranched alkanes of at least 4 members (excludes halogenated alkanes) is 4. The lowest BCUT2D eigenvalue weighted by Crippen LogP contribution is -2.17. The summed E-state index contributed by atoms with van der Waals surface area (Å²) in [4.78, 5) is 23.3. The molecule has 0 aliphatic heterocycles. The summed E-state index contributed by atoms with van der Waals surface area (Å²) in [6.07, 6.45) is 13.7. The van der Waals surface area contributed by atoms with Gasteiger partial charge >= 0.3 is 11.9 Å². The van der Waals surface area contributed by atoms with Gasteiger partial charge in [-0.1, -0.05) is 39.0 Å². The van der Waals surface area contributed by atoms with Crippen molar-refractivity contribution in [3.8, 4) is 0 Å². The molecule has 0 atom stereocenters. The van der Waals surface area contributed by atoms with Crippen LogP contribution >= 0.6 is 0 Å². The molecule has 1 aliphatic carbocycles. The Hall–Kier alpha value is -1.06. The smallest absolute Gasteiger partial charge is 0.306 e. The second-order valence-electron chi connectivity index (χ2n) is 6.59. The first-order valence-corrected chi connectivity index (χ1v) is 9.57. The maximum Gasteiger partial charge on any atom is 0.306 e. The molecule has 0 bridgehead atoms. The van der Waals surface area contributed by atoms with Crippen molar-refractivity contribution in [2.45, 2.75) is 103 Å². The number of esters is 2. The van der Waals surface area contributed by atoms with E-state index < -0.39 is 0 Å². The topological polar surface area (TPSA) is 52.6 Å². The van der Waals surface area contributed by atoms with Gasteiger partial charge in [0.05, 0.1) is 6.61 Å². The van der Waals surface area contributed by atoms with Crippen molar-refractivity contribution in [1.29, 1.82) is 0 Å². The van der Waals surface area contributed by atoms with E-state index in [9.17, 15) is 9.59 Å². The highest BCUT2D eigenvalue weighted by atomic mass is 16.5. The molecule has 23 heavy (non-hydrogen) atoms. The summed E-state index contributed by atoms with van der Waals surface area (Å²) in [6, 6.07) is 0. The molecule has 0 aromatic carbocycles. The Kier molecular flexibility index (Phi) is 11.6. The first-order valence-electron chi connectivity index (χ1n) is 9.57. The Bertz CT molecular complexity index is 319. The fraction of sp³-hybridized carbons (Fsp3) is 0.895. The Balaban J connectivity index is 1.96. The van der Waals surface area contributed by atoms with Crippen LogP contribution in [0.25, 0.3) is 0 Å². The lowest BCUT2D eigenvalue weighted by molar-refractivity contribution is -0.150. The van der Waals surface area contributed by atoms with Crippen molar-refractivity contribution in [3.63, 3.8) is 0 Å². The molecule has 1 aliphatic rings. The van der Waals surface area contributed by atoms with Crippen LogP contribution in [-0.2, 0) is 19.1 Å². The van der Waals surface area contributed by atoms with Crippen LogP contribution in [0.1, 0.15) is 96.8 Å². The number of carbonyl (C=O) groups is 2. The van der Waals surface area contributed by atoms with Gasteiger partial charge in [-0.3, -0.25) is 9.59 Å². The summed E-state index contributed by atoms with van der Waals surface area (Å²) in [5.41, 5.74) is 0. The van der Waals surface area contributed by atoms with Crippen LogP contribution in [0.4, 0.5) is 0 Å². The summed E-state index contributed by atoms with van der Waals surface area (Å²) < 4.78 is 10.7. The quantitative estimate of drug-likeness (QED) is 0.307. The maximum atomic E-state index is 11.8. The van der Waals surface area contributed by atoms with E-state index in [1.807, 2.05) is 0 Å². The van der Waals surface area contributed by atoms with Gasteiger partial charge in [0.1, 0.15) is 6.10 Å². The van der Waals surface area contributed by atoms with Crippen LogP contribution in [0.15, 0.2) is 0 Å². The molecule has 0 saturated heterocycles. The maximum absolute atomic E-state index is 11.8. The van der Waals surface area contributed by atoms with Gasteiger partial charge in [-0.25, -0.2) is 0 Å². The van der Waals surface area contributed by atoms with Crippen LogP contribution in [0.5, 0.6) is 0 Å². The second-order valence-corrected chi connectivity index (χ2v) is 6.59. The predicted octanol–water partition coefficient (Wildman–Crippen LogP) is 4.94. The summed E-state index contributed by atoms with van der Waals surface area (Å²) >= 11 is 0. The molecule has 1 saturated carbocycles. The van der Waals surface area contributed by atoms with E-state index in [4.69, 9.17) is 9.47 Å². The van der Waals surface area contributed by atoms with E-state index in [2.05, 4.69) is 6.92 Å². The highest BCUT2D eigenvalue weighted by molar-refractivity contribution is 5.70. The minimum Gasteiger partial charge on any atom is -0.466 e. The monoisotopic (exact) mass is 326 g/mol. The van der Waals surface area contributed by atoms with E-state index >= 15 is 0 Å². The normalized spacial score (nSPS) is 15.9.